The van der Waals surface area contributed by atoms with E-state index in [9.17, 15) is 19.2 Å². The van der Waals surface area contributed by atoms with Crippen molar-refractivity contribution >= 4 is 29.3 Å². The summed E-state index contributed by atoms with van der Waals surface area (Å²) in [5.41, 5.74) is 2.70. The van der Waals surface area contributed by atoms with Crippen molar-refractivity contribution in [3.63, 3.8) is 0 Å². The largest absolute Gasteiger partial charge is 0.462 e. The minimum atomic E-state index is -0.733. The molecule has 3 rings (SSSR count). The van der Waals surface area contributed by atoms with Crippen molar-refractivity contribution in [2.75, 3.05) is 18.5 Å². The third-order valence-electron chi connectivity index (χ3n) is 5.00. The number of aromatic nitrogens is 1. The Morgan fingerprint density at radius 2 is 1.79 bits per heavy atom. The fraction of sp³-hybridized carbons (Fsp3) is 0.250. The smallest absolute Gasteiger partial charge is 0.340 e. The van der Waals surface area contributed by atoms with E-state index in [2.05, 4.69) is 10.3 Å². The Labute approximate surface area is 190 Å². The Morgan fingerprint density at radius 3 is 2.45 bits per heavy atom. The van der Waals surface area contributed by atoms with E-state index in [1.165, 1.54) is 24.5 Å². The van der Waals surface area contributed by atoms with Gasteiger partial charge in [-0.2, -0.15) is 0 Å². The number of carbonyl (C=O) groups excluding carboxylic acids is 4. The monoisotopic (exact) mass is 452 g/mol. The maximum Gasteiger partial charge on any atom is 0.340 e. The third kappa shape index (κ3) is 5.20. The standard InChI is InChI=1S/C24H24N2O7/c1-5-31-24(30)20-14(3)21(25-15(20)4)18(27)12-33-23(29)16-9-8-13(2)17(11-16)26-22(28)19-7-6-10-32-19/h6-11,25H,5,12H2,1-4H3,(H,26,28). The highest BCUT2D eigenvalue weighted by atomic mass is 16.5. The van der Waals surface area contributed by atoms with Crippen LogP contribution in [0.4, 0.5) is 5.69 Å². The maximum absolute atomic E-state index is 12.6. The van der Waals surface area contributed by atoms with Crippen molar-refractivity contribution in [1.82, 2.24) is 4.98 Å². The fourth-order valence-corrected chi connectivity index (χ4v) is 3.30. The SMILES string of the molecule is CCOC(=O)c1c(C)[nH]c(C(=O)COC(=O)c2ccc(C)c(NC(=O)c3ccco3)c2)c1C. The second-order valence-electron chi connectivity index (χ2n) is 7.31. The van der Waals surface area contributed by atoms with E-state index in [0.29, 0.717) is 22.5 Å². The van der Waals surface area contributed by atoms with E-state index in [0.717, 1.165) is 5.56 Å². The number of anilines is 1. The molecule has 33 heavy (non-hydrogen) atoms. The van der Waals surface area contributed by atoms with E-state index in [1.54, 1.807) is 39.8 Å². The number of aromatic amines is 1. The molecular formula is C24H24N2O7. The summed E-state index contributed by atoms with van der Waals surface area (Å²) in [4.78, 5) is 52.3. The first-order chi connectivity index (χ1) is 15.7. The van der Waals surface area contributed by atoms with Crippen LogP contribution in [0.2, 0.25) is 0 Å². The highest BCUT2D eigenvalue weighted by Gasteiger charge is 2.24. The lowest BCUT2D eigenvalue weighted by molar-refractivity contribution is 0.0472. The predicted molar refractivity (Wildman–Crippen MR) is 119 cm³/mol. The Bertz CT molecular complexity index is 1210. The van der Waals surface area contributed by atoms with Gasteiger partial charge in [0.05, 0.1) is 29.7 Å². The van der Waals surface area contributed by atoms with E-state index in [1.807, 2.05) is 0 Å². The number of rotatable bonds is 8. The molecular weight excluding hydrogens is 428 g/mol. The summed E-state index contributed by atoms with van der Waals surface area (Å²) in [7, 11) is 0. The summed E-state index contributed by atoms with van der Waals surface area (Å²) in [5, 5.41) is 2.68. The quantitative estimate of drug-likeness (QED) is 0.390. The number of ketones is 1. The summed E-state index contributed by atoms with van der Waals surface area (Å²) >= 11 is 0. The molecule has 2 aromatic heterocycles. The average Bonchev–Trinajstić information content (AvgIpc) is 3.41. The average molecular weight is 452 g/mol. The molecule has 0 atom stereocenters. The molecule has 0 spiro atoms. The van der Waals surface area contributed by atoms with Gasteiger partial charge >= 0.3 is 11.9 Å². The maximum atomic E-state index is 12.6. The summed E-state index contributed by atoms with van der Waals surface area (Å²) in [6, 6.07) is 7.77. The van der Waals surface area contributed by atoms with Crippen molar-refractivity contribution in [1.29, 1.82) is 0 Å². The van der Waals surface area contributed by atoms with Gasteiger partial charge in [-0.3, -0.25) is 9.59 Å². The lowest BCUT2D eigenvalue weighted by Crippen LogP contribution is -2.16. The molecule has 9 nitrogen and oxygen atoms in total. The van der Waals surface area contributed by atoms with Crippen molar-refractivity contribution < 1.29 is 33.1 Å². The van der Waals surface area contributed by atoms with Crippen LogP contribution in [0, 0.1) is 20.8 Å². The first-order valence-corrected chi connectivity index (χ1v) is 10.2. The Balaban J connectivity index is 1.69. The van der Waals surface area contributed by atoms with E-state index in [-0.39, 0.29) is 23.6 Å². The van der Waals surface area contributed by atoms with Crippen molar-refractivity contribution in [3.8, 4) is 0 Å². The summed E-state index contributed by atoms with van der Waals surface area (Å²) in [6.45, 7) is 6.44. The molecule has 1 aromatic carbocycles. The zero-order valence-electron chi connectivity index (χ0n) is 18.7. The molecule has 0 radical (unpaired) electrons. The molecule has 0 saturated carbocycles. The van der Waals surface area contributed by atoms with Crippen LogP contribution in [0.3, 0.4) is 0 Å². The molecule has 3 aromatic rings. The van der Waals surface area contributed by atoms with Crippen molar-refractivity contribution in [3.05, 3.63) is 76.0 Å². The molecule has 2 N–H and O–H groups in total. The lowest BCUT2D eigenvalue weighted by Gasteiger charge is -2.10. The topological polar surface area (TPSA) is 128 Å². The molecule has 0 aliphatic carbocycles. The first-order valence-electron chi connectivity index (χ1n) is 10.2. The fourth-order valence-electron chi connectivity index (χ4n) is 3.30. The minimum Gasteiger partial charge on any atom is -0.462 e. The number of aryl methyl sites for hydroxylation is 2. The molecule has 0 bridgehead atoms. The summed E-state index contributed by atoms with van der Waals surface area (Å²) in [5.74, 6) is -2.07. The van der Waals surface area contributed by atoms with Gasteiger partial charge < -0.3 is 24.2 Å². The number of ether oxygens (including phenoxy) is 2. The highest BCUT2D eigenvalue weighted by Crippen LogP contribution is 2.21. The van der Waals surface area contributed by atoms with Crippen LogP contribution in [0.5, 0.6) is 0 Å². The van der Waals surface area contributed by atoms with E-state index < -0.39 is 30.2 Å². The number of carbonyl (C=O) groups is 4. The lowest BCUT2D eigenvalue weighted by atomic mass is 10.1. The number of benzene rings is 1. The zero-order chi connectivity index (χ0) is 24.1. The number of nitrogens with one attached hydrogen (secondary N) is 2. The van der Waals surface area contributed by atoms with Gasteiger partial charge in [0.1, 0.15) is 0 Å². The first kappa shape index (κ1) is 23.5. The molecule has 0 unspecified atom stereocenters. The van der Waals surface area contributed by atoms with Crippen LogP contribution in [-0.4, -0.2) is 41.8 Å². The van der Waals surface area contributed by atoms with Gasteiger partial charge in [-0.05, 0) is 63.1 Å². The summed E-state index contributed by atoms with van der Waals surface area (Å²) < 4.78 is 15.3. The highest BCUT2D eigenvalue weighted by molar-refractivity contribution is 6.04. The second kappa shape index (κ2) is 9.99. The number of hydrogen-bond donors (Lipinski definition) is 2. The number of esters is 2. The van der Waals surface area contributed by atoms with Crippen LogP contribution >= 0.6 is 0 Å². The van der Waals surface area contributed by atoms with Gasteiger partial charge in [-0.15, -0.1) is 0 Å². The Hall–Kier alpha value is -4.14. The van der Waals surface area contributed by atoms with E-state index in [4.69, 9.17) is 13.9 Å². The molecule has 0 saturated heterocycles. The number of Topliss-reactive ketones (excluding diaryl/α,β-unsaturated/α-hetero) is 1. The minimum absolute atomic E-state index is 0.131. The predicted octanol–water partition coefficient (Wildman–Crippen LogP) is 4.00. The number of furan rings is 1. The van der Waals surface area contributed by atoms with Gasteiger partial charge in [0.2, 0.25) is 5.78 Å². The van der Waals surface area contributed by atoms with Crippen LogP contribution in [0.15, 0.2) is 41.0 Å². The molecule has 0 fully saturated rings. The summed E-state index contributed by atoms with van der Waals surface area (Å²) in [6.07, 6.45) is 1.38. The molecule has 0 aliphatic rings. The number of hydrogen-bond acceptors (Lipinski definition) is 7. The third-order valence-corrected chi connectivity index (χ3v) is 5.00. The van der Waals surface area contributed by atoms with Gasteiger partial charge in [-0.25, -0.2) is 9.59 Å². The normalized spacial score (nSPS) is 10.5. The number of H-pyrrole nitrogens is 1. The van der Waals surface area contributed by atoms with Crippen LogP contribution in [-0.2, 0) is 9.47 Å². The van der Waals surface area contributed by atoms with E-state index >= 15 is 0 Å². The van der Waals surface area contributed by atoms with Crippen molar-refractivity contribution in [2.24, 2.45) is 0 Å². The molecule has 2 heterocycles. The van der Waals surface area contributed by atoms with Gasteiger partial charge in [0.15, 0.2) is 12.4 Å². The molecule has 0 aliphatic heterocycles. The van der Waals surface area contributed by atoms with Crippen LogP contribution in [0.1, 0.15) is 65.5 Å². The van der Waals surface area contributed by atoms with Gasteiger partial charge in [0, 0.05) is 11.4 Å². The Morgan fingerprint density at radius 1 is 1.03 bits per heavy atom. The second-order valence-corrected chi connectivity index (χ2v) is 7.31. The van der Waals surface area contributed by atoms with Crippen LogP contribution < -0.4 is 5.32 Å². The van der Waals surface area contributed by atoms with Gasteiger partial charge in [-0.1, -0.05) is 6.07 Å². The number of amides is 1. The molecule has 172 valence electrons. The zero-order valence-corrected chi connectivity index (χ0v) is 18.7. The Kier molecular flexibility index (Phi) is 7.12. The molecule has 9 heteroatoms. The van der Waals surface area contributed by atoms with Crippen LogP contribution in [0.25, 0.3) is 0 Å². The van der Waals surface area contributed by atoms with Gasteiger partial charge in [0.25, 0.3) is 5.91 Å². The van der Waals surface area contributed by atoms with Crippen molar-refractivity contribution in [2.45, 2.75) is 27.7 Å². The molecule has 1 amide bonds.